The molecule has 0 aromatic heterocycles. The third-order valence-corrected chi connectivity index (χ3v) is 5.83. The number of benzene rings is 3. The summed E-state index contributed by atoms with van der Waals surface area (Å²) in [7, 11) is 0. The van der Waals surface area contributed by atoms with Gasteiger partial charge in [0.25, 0.3) is 0 Å². The lowest BCUT2D eigenvalue weighted by Crippen LogP contribution is -2.32. The van der Waals surface area contributed by atoms with Crippen molar-refractivity contribution in [3.63, 3.8) is 0 Å². The normalized spacial score (nSPS) is 11.4. The molecule has 0 bridgehead atoms. The van der Waals surface area contributed by atoms with Gasteiger partial charge in [0.1, 0.15) is 5.75 Å². The average molecular weight is 434 g/mol. The van der Waals surface area contributed by atoms with Crippen molar-refractivity contribution in [3.8, 4) is 5.75 Å². The van der Waals surface area contributed by atoms with Gasteiger partial charge in [-0.15, -0.1) is 0 Å². The average Bonchev–Trinajstić information content (AvgIpc) is 2.79. The Labute approximate surface area is 191 Å². The Bertz CT molecular complexity index is 984. The summed E-state index contributed by atoms with van der Waals surface area (Å²) in [6, 6.07) is 23.6. The zero-order valence-corrected chi connectivity index (χ0v) is 19.3. The second kappa shape index (κ2) is 12.3. The molecule has 0 aliphatic carbocycles. The number of unbranched alkanes of at least 4 members (excludes halogenated alkanes) is 2. The monoisotopic (exact) mass is 433 g/mol. The smallest absolute Gasteiger partial charge is 0.304 e. The predicted molar refractivity (Wildman–Crippen MR) is 131 cm³/mol. The minimum Gasteiger partial charge on any atom is -0.494 e. The topological polar surface area (TPSA) is 49.8 Å². The summed E-state index contributed by atoms with van der Waals surface area (Å²) in [4.78, 5) is 13.1. The van der Waals surface area contributed by atoms with Crippen LogP contribution in [0.2, 0.25) is 0 Å². The molecule has 3 aromatic carbocycles. The van der Waals surface area contributed by atoms with E-state index in [4.69, 9.17) is 9.84 Å². The molecule has 0 radical (unpaired) electrons. The van der Waals surface area contributed by atoms with Crippen LogP contribution in [0.4, 0.5) is 0 Å². The summed E-state index contributed by atoms with van der Waals surface area (Å²) in [5.41, 5.74) is 2.60. The highest BCUT2D eigenvalue weighted by Gasteiger charge is 2.12. The van der Waals surface area contributed by atoms with E-state index in [1.54, 1.807) is 0 Å². The van der Waals surface area contributed by atoms with Gasteiger partial charge in [0, 0.05) is 19.1 Å². The molecule has 0 unspecified atom stereocenters. The molecule has 0 aliphatic rings. The fraction of sp³-hybridized carbons (Fsp3) is 0.393. The SMILES string of the molecule is CC(C)N(CCC(=O)O)Cc1ccc2cc(OCCCCCc3ccccc3)ccc2c1. The predicted octanol–water partition coefficient (Wildman–Crippen LogP) is 6.32. The minimum absolute atomic E-state index is 0.165. The third-order valence-electron chi connectivity index (χ3n) is 5.83. The van der Waals surface area contributed by atoms with Crippen LogP contribution in [0.3, 0.4) is 0 Å². The number of ether oxygens (including phenoxy) is 1. The van der Waals surface area contributed by atoms with Crippen molar-refractivity contribution >= 4 is 16.7 Å². The molecule has 170 valence electrons. The molecule has 0 saturated carbocycles. The van der Waals surface area contributed by atoms with Gasteiger partial charge in [0.15, 0.2) is 0 Å². The number of carboxylic acids is 1. The van der Waals surface area contributed by atoms with E-state index in [1.165, 1.54) is 29.4 Å². The molecule has 3 rings (SSSR count). The number of carbonyl (C=O) groups is 1. The van der Waals surface area contributed by atoms with Crippen molar-refractivity contribution in [3.05, 3.63) is 77.9 Å². The van der Waals surface area contributed by atoms with E-state index >= 15 is 0 Å². The van der Waals surface area contributed by atoms with E-state index in [-0.39, 0.29) is 6.42 Å². The maximum absolute atomic E-state index is 10.9. The van der Waals surface area contributed by atoms with Crippen LogP contribution in [-0.2, 0) is 17.8 Å². The van der Waals surface area contributed by atoms with Crippen LogP contribution in [0.25, 0.3) is 10.8 Å². The highest BCUT2D eigenvalue weighted by atomic mass is 16.5. The fourth-order valence-electron chi connectivity index (χ4n) is 3.90. The number of nitrogens with zero attached hydrogens (tertiary/aromatic N) is 1. The summed E-state index contributed by atoms with van der Waals surface area (Å²) < 4.78 is 5.98. The molecule has 0 amide bonds. The summed E-state index contributed by atoms with van der Waals surface area (Å²) in [5.74, 6) is 0.163. The maximum atomic E-state index is 10.9. The van der Waals surface area contributed by atoms with Gasteiger partial charge in [-0.1, -0.05) is 48.5 Å². The Hall–Kier alpha value is -2.85. The van der Waals surface area contributed by atoms with Crippen molar-refractivity contribution in [2.24, 2.45) is 0 Å². The second-order valence-electron chi connectivity index (χ2n) is 8.70. The molecule has 3 aromatic rings. The van der Waals surface area contributed by atoms with E-state index in [1.807, 2.05) is 6.07 Å². The minimum atomic E-state index is -0.752. The van der Waals surface area contributed by atoms with Gasteiger partial charge >= 0.3 is 5.97 Å². The van der Waals surface area contributed by atoms with Crippen LogP contribution in [-0.4, -0.2) is 35.2 Å². The number of rotatable bonds is 13. The van der Waals surface area contributed by atoms with E-state index in [2.05, 4.69) is 79.4 Å². The molecule has 4 heteroatoms. The molecule has 32 heavy (non-hydrogen) atoms. The van der Waals surface area contributed by atoms with E-state index < -0.39 is 5.97 Å². The van der Waals surface area contributed by atoms with Crippen LogP contribution in [0, 0.1) is 0 Å². The van der Waals surface area contributed by atoms with Gasteiger partial charge < -0.3 is 9.84 Å². The lowest BCUT2D eigenvalue weighted by molar-refractivity contribution is -0.137. The number of hydrogen-bond donors (Lipinski definition) is 1. The molecule has 0 fully saturated rings. The molecular weight excluding hydrogens is 398 g/mol. The van der Waals surface area contributed by atoms with Crippen LogP contribution in [0.5, 0.6) is 5.75 Å². The Kier molecular flexibility index (Phi) is 9.12. The van der Waals surface area contributed by atoms with Gasteiger partial charge in [0.2, 0.25) is 0 Å². The number of hydrogen-bond acceptors (Lipinski definition) is 3. The van der Waals surface area contributed by atoms with Gasteiger partial charge in [0.05, 0.1) is 13.0 Å². The quantitative estimate of drug-likeness (QED) is 0.321. The molecule has 0 heterocycles. The molecular formula is C28H35NO3. The number of aryl methyl sites for hydroxylation is 1. The van der Waals surface area contributed by atoms with Crippen molar-refractivity contribution in [2.45, 2.75) is 58.5 Å². The third kappa shape index (κ3) is 7.69. The molecule has 1 N–H and O–H groups in total. The summed E-state index contributed by atoms with van der Waals surface area (Å²) in [6.45, 7) is 6.26. The summed E-state index contributed by atoms with van der Waals surface area (Å²) >= 11 is 0. The largest absolute Gasteiger partial charge is 0.494 e. The number of fused-ring (bicyclic) bond motifs is 1. The Morgan fingerprint density at radius 3 is 2.41 bits per heavy atom. The molecule has 0 saturated heterocycles. The van der Waals surface area contributed by atoms with Crippen LogP contribution in [0.15, 0.2) is 66.7 Å². The highest BCUT2D eigenvalue weighted by molar-refractivity contribution is 5.84. The lowest BCUT2D eigenvalue weighted by atomic mass is 10.1. The summed E-state index contributed by atoms with van der Waals surface area (Å²) in [6.07, 6.45) is 4.71. The van der Waals surface area contributed by atoms with E-state index in [0.29, 0.717) is 12.6 Å². The van der Waals surface area contributed by atoms with Crippen LogP contribution >= 0.6 is 0 Å². The fourth-order valence-corrected chi connectivity index (χ4v) is 3.90. The van der Waals surface area contributed by atoms with Gasteiger partial charge in [-0.05, 0) is 79.6 Å². The van der Waals surface area contributed by atoms with Crippen molar-refractivity contribution in [1.29, 1.82) is 0 Å². The lowest BCUT2D eigenvalue weighted by Gasteiger charge is -2.26. The molecule has 0 spiro atoms. The second-order valence-corrected chi connectivity index (χ2v) is 8.70. The van der Waals surface area contributed by atoms with Gasteiger partial charge in [-0.3, -0.25) is 9.69 Å². The molecule has 0 atom stereocenters. The standard InChI is InChI=1S/C28H35NO3/c1-22(2)29(17-16-28(30)31)21-24-12-13-26-20-27(15-14-25(26)19-24)32-18-8-4-7-11-23-9-5-3-6-10-23/h3,5-6,9-10,12-15,19-20,22H,4,7-8,11,16-18,21H2,1-2H3,(H,30,31). The van der Waals surface area contributed by atoms with Gasteiger partial charge in [-0.2, -0.15) is 0 Å². The van der Waals surface area contributed by atoms with Crippen LogP contribution < -0.4 is 4.74 Å². The molecule has 4 nitrogen and oxygen atoms in total. The van der Waals surface area contributed by atoms with E-state index in [9.17, 15) is 4.79 Å². The Morgan fingerprint density at radius 2 is 1.66 bits per heavy atom. The van der Waals surface area contributed by atoms with Crippen molar-refractivity contribution < 1.29 is 14.6 Å². The zero-order chi connectivity index (χ0) is 22.8. The van der Waals surface area contributed by atoms with Gasteiger partial charge in [-0.25, -0.2) is 0 Å². The van der Waals surface area contributed by atoms with E-state index in [0.717, 1.165) is 37.1 Å². The zero-order valence-electron chi connectivity index (χ0n) is 19.3. The van der Waals surface area contributed by atoms with Crippen LogP contribution in [0.1, 0.15) is 50.7 Å². The highest BCUT2D eigenvalue weighted by Crippen LogP contribution is 2.23. The van der Waals surface area contributed by atoms with Crippen molar-refractivity contribution in [2.75, 3.05) is 13.2 Å². The number of aliphatic carboxylic acids is 1. The Balaban J connectivity index is 1.47. The summed E-state index contributed by atoms with van der Waals surface area (Å²) in [5, 5.41) is 11.3. The number of carboxylic acid groups (broad SMARTS) is 1. The Morgan fingerprint density at radius 1 is 0.906 bits per heavy atom. The maximum Gasteiger partial charge on any atom is 0.304 e. The first-order valence-electron chi connectivity index (χ1n) is 11.7. The first kappa shape index (κ1) is 23.8. The first-order chi connectivity index (χ1) is 15.5. The molecule has 0 aliphatic heterocycles. The van der Waals surface area contributed by atoms with Crippen molar-refractivity contribution in [1.82, 2.24) is 4.90 Å². The first-order valence-corrected chi connectivity index (χ1v) is 11.7.